The van der Waals surface area contributed by atoms with Crippen LogP contribution in [-0.2, 0) is 4.43 Å². The van der Waals surface area contributed by atoms with Crippen LogP contribution in [0.15, 0.2) is 18.2 Å². The molecule has 142 valence electrons. The molecule has 0 aliphatic carbocycles. The first kappa shape index (κ1) is 22.3. The molecule has 1 aromatic rings. The van der Waals surface area contributed by atoms with Gasteiger partial charge in [-0.1, -0.05) is 53.1 Å². The number of hydrogen-bond acceptors (Lipinski definition) is 3. The van der Waals surface area contributed by atoms with Crippen molar-refractivity contribution in [1.29, 1.82) is 0 Å². The second-order valence-electron chi connectivity index (χ2n) is 9.65. The lowest BCUT2D eigenvalue weighted by Crippen LogP contribution is -2.45. The van der Waals surface area contributed by atoms with E-state index in [1.807, 2.05) is 0 Å². The molecule has 0 bridgehead atoms. The Bertz CT molecular complexity index is 641. The van der Waals surface area contributed by atoms with E-state index in [-0.39, 0.29) is 16.0 Å². The minimum Gasteiger partial charge on any atom is -0.543 e. The van der Waals surface area contributed by atoms with Gasteiger partial charge in [-0.2, -0.15) is 0 Å². The molecule has 25 heavy (non-hydrogen) atoms. The van der Waals surface area contributed by atoms with Gasteiger partial charge in [0.2, 0.25) is 0 Å². The molecule has 0 unspecified atom stereocenters. The van der Waals surface area contributed by atoms with Crippen LogP contribution in [-0.4, -0.2) is 22.6 Å². The molecule has 3 nitrogen and oxygen atoms in total. The highest BCUT2D eigenvalue weighted by atomic mass is 35.5. The summed E-state index contributed by atoms with van der Waals surface area (Å²) in [6.07, 6.45) is 0. The van der Waals surface area contributed by atoms with E-state index in [2.05, 4.69) is 67.7 Å². The van der Waals surface area contributed by atoms with Gasteiger partial charge in [0.15, 0.2) is 0 Å². The van der Waals surface area contributed by atoms with Crippen molar-refractivity contribution in [3.05, 3.63) is 28.8 Å². The molecule has 0 spiro atoms. The summed E-state index contributed by atoms with van der Waals surface area (Å²) >= 11 is 6.16. The van der Waals surface area contributed by atoms with Crippen LogP contribution in [0.1, 0.15) is 51.9 Å². The second-order valence-corrected chi connectivity index (χ2v) is 19.5. The zero-order valence-corrected chi connectivity index (χ0v) is 20.1. The largest absolute Gasteiger partial charge is 0.543 e. The molecule has 0 fully saturated rings. The summed E-state index contributed by atoms with van der Waals surface area (Å²) in [6.45, 7) is 21.3. The van der Waals surface area contributed by atoms with Crippen molar-refractivity contribution in [1.82, 2.24) is 0 Å². The molecule has 0 atom stereocenters. The fourth-order valence-electron chi connectivity index (χ4n) is 1.62. The minimum atomic E-state index is -2.21. The molecule has 0 saturated carbocycles. The zero-order chi connectivity index (χ0) is 19.8. The molecule has 0 amide bonds. The van der Waals surface area contributed by atoms with Crippen LogP contribution in [0, 0.1) is 0 Å². The fourth-order valence-corrected chi connectivity index (χ4v) is 3.68. The maximum Gasteiger partial charge on any atom is 0.328 e. The lowest BCUT2D eigenvalue weighted by molar-refractivity contribution is 0.0710. The van der Waals surface area contributed by atoms with Gasteiger partial charge in [0.25, 0.3) is 16.6 Å². The van der Waals surface area contributed by atoms with Gasteiger partial charge in [0, 0.05) is 5.02 Å². The quantitative estimate of drug-likeness (QED) is 0.516. The van der Waals surface area contributed by atoms with Gasteiger partial charge >= 0.3 is 5.97 Å². The molecule has 6 heteroatoms. The Morgan fingerprint density at radius 3 is 1.84 bits per heavy atom. The molecule has 0 N–H and O–H groups in total. The average Bonchev–Trinajstić information content (AvgIpc) is 2.34. The Balaban J connectivity index is 3.24. The number of hydrogen-bond donors (Lipinski definition) is 0. The molecule has 0 radical (unpaired) electrons. The Morgan fingerprint density at radius 1 is 0.920 bits per heavy atom. The molecule has 0 aromatic heterocycles. The first-order valence-electron chi connectivity index (χ1n) is 8.70. The molecule has 0 heterocycles. The van der Waals surface area contributed by atoms with Gasteiger partial charge in [-0.25, -0.2) is 4.79 Å². The van der Waals surface area contributed by atoms with Gasteiger partial charge < -0.3 is 8.85 Å². The number of rotatable bonds is 4. The van der Waals surface area contributed by atoms with E-state index in [0.29, 0.717) is 16.3 Å². The van der Waals surface area contributed by atoms with Gasteiger partial charge in [0.05, 0.1) is 5.56 Å². The van der Waals surface area contributed by atoms with Crippen molar-refractivity contribution < 1.29 is 13.6 Å². The summed E-state index contributed by atoms with van der Waals surface area (Å²) in [5, 5.41) is 0.531. The number of halogens is 1. The van der Waals surface area contributed by atoms with Crippen molar-refractivity contribution >= 4 is 34.2 Å². The standard InChI is InChI=1S/C19H33ClO3Si2/c1-18(2,3)24(7,8)22-16-13-14(20)11-12-15(16)17(21)23-25(9,10)19(4,5)6/h11-13H,1-10H3. The van der Waals surface area contributed by atoms with Crippen molar-refractivity contribution in [2.24, 2.45) is 0 Å². The highest BCUT2D eigenvalue weighted by Crippen LogP contribution is 2.40. The predicted molar refractivity (Wildman–Crippen MR) is 112 cm³/mol. The van der Waals surface area contributed by atoms with E-state index >= 15 is 0 Å². The molecule has 0 aliphatic heterocycles. The van der Waals surface area contributed by atoms with Crippen molar-refractivity contribution in [3.63, 3.8) is 0 Å². The third-order valence-electron chi connectivity index (χ3n) is 5.49. The summed E-state index contributed by atoms with van der Waals surface area (Å²) < 4.78 is 12.3. The first-order valence-corrected chi connectivity index (χ1v) is 14.9. The molecule has 0 aliphatic rings. The maximum absolute atomic E-state index is 12.9. The first-order chi connectivity index (χ1) is 11.0. The third kappa shape index (κ3) is 5.34. The minimum absolute atomic E-state index is 0.0237. The van der Waals surface area contributed by atoms with Crippen LogP contribution < -0.4 is 4.43 Å². The predicted octanol–water partition coefficient (Wildman–Crippen LogP) is 6.89. The van der Waals surface area contributed by atoms with Gasteiger partial charge in [0.1, 0.15) is 5.75 Å². The lowest BCUT2D eigenvalue weighted by atomic mass is 10.2. The normalized spacial score (nSPS) is 13.6. The number of carbonyl (C=O) groups is 1. The second kappa shape index (κ2) is 7.08. The van der Waals surface area contributed by atoms with Crippen molar-refractivity contribution in [3.8, 4) is 5.75 Å². The van der Waals surface area contributed by atoms with Crippen LogP contribution >= 0.6 is 11.6 Å². The highest BCUT2D eigenvalue weighted by Gasteiger charge is 2.42. The number of benzene rings is 1. The number of carbonyl (C=O) groups excluding carboxylic acids is 1. The van der Waals surface area contributed by atoms with E-state index in [9.17, 15) is 4.79 Å². The summed E-state index contributed by atoms with van der Waals surface area (Å²) in [4.78, 5) is 12.9. The van der Waals surface area contributed by atoms with E-state index in [1.165, 1.54) is 0 Å². The highest BCUT2D eigenvalue weighted by molar-refractivity contribution is 6.76. The Labute approximate surface area is 160 Å². The molecule has 1 rings (SSSR count). The van der Waals surface area contributed by atoms with E-state index < -0.39 is 16.6 Å². The topological polar surface area (TPSA) is 35.5 Å². The van der Waals surface area contributed by atoms with Gasteiger partial charge in [-0.15, -0.1) is 0 Å². The summed E-state index contributed by atoms with van der Waals surface area (Å²) in [5.41, 5.74) is 0.457. The van der Waals surface area contributed by atoms with Crippen LogP contribution in [0.2, 0.25) is 41.3 Å². The van der Waals surface area contributed by atoms with Crippen molar-refractivity contribution in [2.75, 3.05) is 0 Å². The van der Waals surface area contributed by atoms with E-state index in [1.54, 1.807) is 18.2 Å². The lowest BCUT2D eigenvalue weighted by Gasteiger charge is -2.38. The molecule has 0 saturated heterocycles. The fraction of sp³-hybridized carbons (Fsp3) is 0.632. The van der Waals surface area contributed by atoms with Crippen LogP contribution in [0.5, 0.6) is 5.75 Å². The molecular formula is C19H33ClO3Si2. The van der Waals surface area contributed by atoms with Crippen LogP contribution in [0.25, 0.3) is 0 Å². The summed E-state index contributed by atoms with van der Waals surface area (Å²) in [6, 6.07) is 5.15. The molecule has 1 aromatic carbocycles. The third-order valence-corrected chi connectivity index (χ3v) is 14.4. The van der Waals surface area contributed by atoms with Gasteiger partial charge in [-0.05, 0) is 54.5 Å². The summed E-state index contributed by atoms with van der Waals surface area (Å²) in [7, 11) is -4.31. The SMILES string of the molecule is CC(C)(C)[Si](C)(C)OC(=O)c1ccc(Cl)cc1O[Si](C)(C)C(C)(C)C. The smallest absolute Gasteiger partial charge is 0.328 e. The average molecular weight is 401 g/mol. The van der Waals surface area contributed by atoms with Crippen LogP contribution in [0.3, 0.4) is 0 Å². The zero-order valence-electron chi connectivity index (χ0n) is 17.3. The monoisotopic (exact) mass is 400 g/mol. The van der Waals surface area contributed by atoms with Gasteiger partial charge in [-0.3, -0.25) is 0 Å². The summed E-state index contributed by atoms with van der Waals surface area (Å²) in [5.74, 6) is 0.208. The molecular weight excluding hydrogens is 368 g/mol. The van der Waals surface area contributed by atoms with E-state index in [0.717, 1.165) is 0 Å². The Hall–Kier alpha value is -0.786. The Morgan fingerprint density at radius 2 is 1.40 bits per heavy atom. The maximum atomic E-state index is 12.9. The van der Waals surface area contributed by atoms with Crippen LogP contribution in [0.4, 0.5) is 0 Å². The van der Waals surface area contributed by atoms with Crippen molar-refractivity contribution in [2.45, 2.75) is 77.8 Å². The Kier molecular flexibility index (Phi) is 6.31. The van der Waals surface area contributed by atoms with E-state index in [4.69, 9.17) is 20.5 Å².